The number of hydroxylamine groups is 1. The molecule has 1 aliphatic rings. The Morgan fingerprint density at radius 1 is 1.23 bits per heavy atom. The standard InChI is InChI=1S/C8H17NO3S/c1-9(12-2)13(10,11)8-6-4-3-5-7-8/h8H,3-7H2,1-2H3. The molecular weight excluding hydrogens is 190 g/mol. The number of nitrogens with zero attached hydrogens (tertiary/aromatic N) is 1. The first-order valence-corrected chi connectivity index (χ1v) is 6.11. The Morgan fingerprint density at radius 3 is 2.23 bits per heavy atom. The molecule has 1 aliphatic carbocycles. The Hall–Kier alpha value is -0.130. The summed E-state index contributed by atoms with van der Waals surface area (Å²) in [4.78, 5) is 4.71. The SMILES string of the molecule is CON(C)S(=O)(=O)C1CCCCC1. The van der Waals surface area contributed by atoms with Crippen molar-refractivity contribution >= 4 is 10.0 Å². The average Bonchev–Trinajstić information content (AvgIpc) is 2.18. The maximum absolute atomic E-state index is 11.7. The van der Waals surface area contributed by atoms with E-state index < -0.39 is 10.0 Å². The second-order valence-corrected chi connectivity index (χ2v) is 5.61. The van der Waals surface area contributed by atoms with Crippen LogP contribution in [0.25, 0.3) is 0 Å². The van der Waals surface area contributed by atoms with Gasteiger partial charge in [-0.2, -0.15) is 0 Å². The predicted molar refractivity (Wildman–Crippen MR) is 50.6 cm³/mol. The summed E-state index contributed by atoms with van der Waals surface area (Å²) in [6.45, 7) is 0. The van der Waals surface area contributed by atoms with Crippen molar-refractivity contribution < 1.29 is 13.3 Å². The molecular formula is C8H17NO3S. The van der Waals surface area contributed by atoms with Crippen molar-refractivity contribution in [2.24, 2.45) is 0 Å². The Labute approximate surface area is 79.9 Å². The molecule has 13 heavy (non-hydrogen) atoms. The first-order chi connectivity index (χ1) is 6.09. The average molecular weight is 207 g/mol. The molecule has 0 spiro atoms. The lowest BCUT2D eigenvalue weighted by atomic mass is 10.0. The van der Waals surface area contributed by atoms with E-state index in [0.29, 0.717) is 0 Å². The topological polar surface area (TPSA) is 46.6 Å². The minimum atomic E-state index is -3.20. The summed E-state index contributed by atoms with van der Waals surface area (Å²) < 4.78 is 24.4. The molecule has 0 aromatic rings. The highest BCUT2D eigenvalue weighted by molar-refractivity contribution is 7.89. The summed E-state index contributed by atoms with van der Waals surface area (Å²) >= 11 is 0. The molecule has 0 N–H and O–H groups in total. The van der Waals surface area contributed by atoms with Crippen LogP contribution in [0.3, 0.4) is 0 Å². The summed E-state index contributed by atoms with van der Waals surface area (Å²) in [5.74, 6) is 0. The van der Waals surface area contributed by atoms with Crippen LogP contribution in [-0.2, 0) is 14.9 Å². The zero-order chi connectivity index (χ0) is 9.90. The van der Waals surface area contributed by atoms with Gasteiger partial charge < -0.3 is 0 Å². The first-order valence-electron chi connectivity index (χ1n) is 4.61. The summed E-state index contributed by atoms with van der Waals surface area (Å²) in [5.41, 5.74) is 0. The Morgan fingerprint density at radius 2 is 1.77 bits per heavy atom. The van der Waals surface area contributed by atoms with E-state index in [1.165, 1.54) is 14.2 Å². The molecule has 1 fully saturated rings. The quantitative estimate of drug-likeness (QED) is 0.652. The minimum Gasteiger partial charge on any atom is -0.288 e. The van der Waals surface area contributed by atoms with Crippen molar-refractivity contribution in [3.05, 3.63) is 0 Å². The van der Waals surface area contributed by atoms with Crippen LogP contribution in [0.1, 0.15) is 32.1 Å². The normalized spacial score (nSPS) is 20.8. The Kier molecular flexibility index (Phi) is 3.70. The van der Waals surface area contributed by atoms with E-state index in [9.17, 15) is 8.42 Å². The summed E-state index contributed by atoms with van der Waals surface area (Å²) in [5, 5.41) is -0.230. The number of sulfonamides is 1. The van der Waals surface area contributed by atoms with Crippen molar-refractivity contribution in [3.8, 4) is 0 Å². The largest absolute Gasteiger partial charge is 0.288 e. The molecule has 0 saturated heterocycles. The van der Waals surface area contributed by atoms with Crippen LogP contribution in [0.2, 0.25) is 0 Å². The molecule has 0 aliphatic heterocycles. The van der Waals surface area contributed by atoms with E-state index in [2.05, 4.69) is 0 Å². The van der Waals surface area contributed by atoms with E-state index in [1.807, 2.05) is 0 Å². The Balaban J connectivity index is 2.67. The third-order valence-corrected chi connectivity index (χ3v) is 4.77. The molecule has 1 saturated carbocycles. The van der Waals surface area contributed by atoms with Gasteiger partial charge in [-0.05, 0) is 12.8 Å². The van der Waals surface area contributed by atoms with Gasteiger partial charge in [-0.15, -0.1) is 0 Å². The van der Waals surface area contributed by atoms with Gasteiger partial charge in [-0.3, -0.25) is 4.84 Å². The molecule has 1 rings (SSSR count). The first kappa shape index (κ1) is 10.9. The van der Waals surface area contributed by atoms with Gasteiger partial charge in [0.05, 0.1) is 12.4 Å². The molecule has 0 radical (unpaired) electrons. The van der Waals surface area contributed by atoms with Crippen molar-refractivity contribution in [3.63, 3.8) is 0 Å². The van der Waals surface area contributed by atoms with Crippen molar-refractivity contribution in [1.82, 2.24) is 4.47 Å². The molecule has 0 aromatic heterocycles. The predicted octanol–water partition coefficient (Wildman–Crippen LogP) is 1.14. The third kappa shape index (κ3) is 2.42. The fourth-order valence-corrected chi connectivity index (χ4v) is 3.23. The lowest BCUT2D eigenvalue weighted by Crippen LogP contribution is -2.36. The molecule has 0 bridgehead atoms. The van der Waals surface area contributed by atoms with E-state index >= 15 is 0 Å². The van der Waals surface area contributed by atoms with E-state index in [1.54, 1.807) is 0 Å². The van der Waals surface area contributed by atoms with Crippen LogP contribution in [-0.4, -0.2) is 32.3 Å². The molecule has 0 heterocycles. The van der Waals surface area contributed by atoms with Gasteiger partial charge in [0.1, 0.15) is 0 Å². The van der Waals surface area contributed by atoms with Crippen LogP contribution in [0.5, 0.6) is 0 Å². The lowest BCUT2D eigenvalue weighted by Gasteiger charge is -2.25. The smallest absolute Gasteiger partial charge is 0.238 e. The summed E-state index contributed by atoms with van der Waals surface area (Å²) in [6, 6.07) is 0. The molecule has 78 valence electrons. The van der Waals surface area contributed by atoms with E-state index in [4.69, 9.17) is 4.84 Å². The third-order valence-electron chi connectivity index (χ3n) is 2.59. The molecule has 4 nitrogen and oxygen atoms in total. The zero-order valence-electron chi connectivity index (χ0n) is 8.19. The molecule has 0 atom stereocenters. The van der Waals surface area contributed by atoms with Gasteiger partial charge in [-0.25, -0.2) is 8.42 Å². The van der Waals surface area contributed by atoms with Gasteiger partial charge in [-0.1, -0.05) is 23.7 Å². The zero-order valence-corrected chi connectivity index (χ0v) is 9.01. The number of hydrogen-bond acceptors (Lipinski definition) is 3. The van der Waals surface area contributed by atoms with Crippen LogP contribution < -0.4 is 0 Å². The monoisotopic (exact) mass is 207 g/mol. The van der Waals surface area contributed by atoms with Crippen molar-refractivity contribution in [2.75, 3.05) is 14.2 Å². The van der Waals surface area contributed by atoms with Gasteiger partial charge in [0.15, 0.2) is 0 Å². The van der Waals surface area contributed by atoms with Gasteiger partial charge in [0.2, 0.25) is 10.0 Å². The van der Waals surface area contributed by atoms with Crippen molar-refractivity contribution in [1.29, 1.82) is 0 Å². The summed E-state index contributed by atoms with van der Waals surface area (Å²) in [6.07, 6.45) is 4.73. The molecule has 0 unspecified atom stereocenters. The van der Waals surface area contributed by atoms with Crippen LogP contribution in [0.15, 0.2) is 0 Å². The fraction of sp³-hybridized carbons (Fsp3) is 1.00. The molecule has 5 heteroatoms. The highest BCUT2D eigenvalue weighted by Gasteiger charge is 2.30. The van der Waals surface area contributed by atoms with E-state index in [-0.39, 0.29) is 5.25 Å². The lowest BCUT2D eigenvalue weighted by molar-refractivity contribution is -0.0271. The molecule has 0 aromatic carbocycles. The summed E-state index contributed by atoms with van der Waals surface area (Å²) in [7, 11) is -0.377. The second kappa shape index (κ2) is 4.39. The maximum Gasteiger partial charge on any atom is 0.238 e. The van der Waals surface area contributed by atoms with Crippen molar-refractivity contribution in [2.45, 2.75) is 37.4 Å². The minimum absolute atomic E-state index is 0.230. The van der Waals surface area contributed by atoms with E-state index in [0.717, 1.165) is 36.6 Å². The van der Waals surface area contributed by atoms with Gasteiger partial charge >= 0.3 is 0 Å². The maximum atomic E-state index is 11.7. The number of hydrogen-bond donors (Lipinski definition) is 0. The van der Waals surface area contributed by atoms with Crippen LogP contribution in [0.4, 0.5) is 0 Å². The highest BCUT2D eigenvalue weighted by atomic mass is 32.2. The highest BCUT2D eigenvalue weighted by Crippen LogP contribution is 2.25. The van der Waals surface area contributed by atoms with Gasteiger partial charge in [0, 0.05) is 7.05 Å². The Bertz CT molecular complexity index is 244. The number of rotatable bonds is 3. The fourth-order valence-electron chi connectivity index (χ4n) is 1.68. The second-order valence-electron chi connectivity index (χ2n) is 3.40. The molecule has 0 amide bonds. The van der Waals surface area contributed by atoms with Gasteiger partial charge in [0.25, 0.3) is 0 Å². The van der Waals surface area contributed by atoms with Crippen LogP contribution >= 0.6 is 0 Å². The van der Waals surface area contributed by atoms with Crippen LogP contribution in [0, 0.1) is 0 Å².